The van der Waals surface area contributed by atoms with Gasteiger partial charge in [0.05, 0.1) is 6.21 Å². The molecule has 0 bridgehead atoms. The molecule has 0 aliphatic rings. The molecule has 0 aliphatic heterocycles. The number of aromatic nitrogens is 1. The van der Waals surface area contributed by atoms with Gasteiger partial charge in [0, 0.05) is 29.1 Å². The Labute approximate surface area is 114 Å². The van der Waals surface area contributed by atoms with Crippen molar-refractivity contribution in [2.75, 3.05) is 7.11 Å². The SMILES string of the molecule is CON=Cc1cncc(C#Cc2ccc(F)c(F)c2)c1. The maximum absolute atomic E-state index is 13.0. The van der Waals surface area contributed by atoms with Gasteiger partial charge < -0.3 is 4.84 Å². The number of halogens is 2. The lowest BCUT2D eigenvalue weighted by molar-refractivity contribution is 0.215. The number of hydrogen-bond donors (Lipinski definition) is 0. The van der Waals surface area contributed by atoms with E-state index in [2.05, 4.69) is 26.8 Å². The molecule has 0 saturated heterocycles. The van der Waals surface area contributed by atoms with Gasteiger partial charge in [-0.3, -0.25) is 4.98 Å². The molecule has 5 heteroatoms. The van der Waals surface area contributed by atoms with Gasteiger partial charge in [-0.05, 0) is 24.3 Å². The van der Waals surface area contributed by atoms with Crippen molar-refractivity contribution in [3.63, 3.8) is 0 Å². The molecule has 0 fully saturated rings. The lowest BCUT2D eigenvalue weighted by Gasteiger charge is -1.94. The summed E-state index contributed by atoms with van der Waals surface area (Å²) in [5.74, 6) is 3.75. The summed E-state index contributed by atoms with van der Waals surface area (Å²) in [5.41, 5.74) is 1.75. The van der Waals surface area contributed by atoms with Gasteiger partial charge >= 0.3 is 0 Å². The first-order chi connectivity index (χ1) is 9.69. The van der Waals surface area contributed by atoms with Crippen molar-refractivity contribution in [2.45, 2.75) is 0 Å². The van der Waals surface area contributed by atoms with Crippen LogP contribution in [0.15, 0.2) is 41.8 Å². The quantitative estimate of drug-likeness (QED) is 0.478. The van der Waals surface area contributed by atoms with Gasteiger partial charge in [-0.2, -0.15) is 0 Å². The normalized spacial score (nSPS) is 10.2. The van der Waals surface area contributed by atoms with Crippen LogP contribution in [-0.2, 0) is 4.84 Å². The molecule has 100 valence electrons. The molecule has 1 aromatic heterocycles. The van der Waals surface area contributed by atoms with Crippen LogP contribution >= 0.6 is 0 Å². The average Bonchev–Trinajstić information content (AvgIpc) is 2.47. The fourth-order valence-electron chi connectivity index (χ4n) is 1.43. The highest BCUT2D eigenvalue weighted by molar-refractivity contribution is 5.79. The van der Waals surface area contributed by atoms with E-state index in [9.17, 15) is 8.78 Å². The van der Waals surface area contributed by atoms with Crippen molar-refractivity contribution in [1.29, 1.82) is 0 Å². The summed E-state index contributed by atoms with van der Waals surface area (Å²) in [7, 11) is 1.44. The van der Waals surface area contributed by atoms with Gasteiger partial charge in [-0.1, -0.05) is 17.0 Å². The number of rotatable bonds is 2. The standard InChI is InChI=1S/C15H10F2N2O/c1-20-19-10-13-6-12(8-18-9-13)3-2-11-4-5-14(16)15(17)7-11/h4-10H,1H3. The van der Waals surface area contributed by atoms with Crippen LogP contribution in [0.3, 0.4) is 0 Å². The molecule has 1 heterocycles. The van der Waals surface area contributed by atoms with E-state index in [1.807, 2.05) is 0 Å². The fourth-order valence-corrected chi connectivity index (χ4v) is 1.43. The maximum atomic E-state index is 13.0. The fraction of sp³-hybridized carbons (Fsp3) is 0.0667. The van der Waals surface area contributed by atoms with E-state index in [-0.39, 0.29) is 0 Å². The number of hydrogen-bond acceptors (Lipinski definition) is 3. The van der Waals surface area contributed by atoms with Crippen molar-refractivity contribution in [3.8, 4) is 11.8 Å². The smallest absolute Gasteiger partial charge is 0.160 e. The summed E-state index contributed by atoms with van der Waals surface area (Å²) in [6.07, 6.45) is 4.66. The third kappa shape index (κ3) is 3.62. The molecule has 0 atom stereocenters. The zero-order valence-electron chi connectivity index (χ0n) is 10.6. The Morgan fingerprint density at radius 3 is 2.65 bits per heavy atom. The molecule has 2 rings (SSSR count). The zero-order chi connectivity index (χ0) is 14.4. The second-order valence-electron chi connectivity index (χ2n) is 3.80. The van der Waals surface area contributed by atoms with E-state index < -0.39 is 11.6 Å². The summed E-state index contributed by atoms with van der Waals surface area (Å²) in [6.45, 7) is 0. The predicted octanol–water partition coefficient (Wildman–Crippen LogP) is 2.74. The van der Waals surface area contributed by atoms with Crippen LogP contribution in [0, 0.1) is 23.5 Å². The van der Waals surface area contributed by atoms with Crippen molar-refractivity contribution >= 4 is 6.21 Å². The highest BCUT2D eigenvalue weighted by Gasteiger charge is 2.00. The third-order valence-electron chi connectivity index (χ3n) is 2.34. The van der Waals surface area contributed by atoms with Crippen LogP contribution in [0.1, 0.15) is 16.7 Å². The molecule has 3 nitrogen and oxygen atoms in total. The molecule has 20 heavy (non-hydrogen) atoms. The minimum atomic E-state index is -0.920. The van der Waals surface area contributed by atoms with Crippen LogP contribution in [0.25, 0.3) is 0 Å². The summed E-state index contributed by atoms with van der Waals surface area (Å²) in [4.78, 5) is 8.57. The third-order valence-corrected chi connectivity index (χ3v) is 2.34. The first-order valence-corrected chi connectivity index (χ1v) is 5.67. The van der Waals surface area contributed by atoms with Crippen molar-refractivity contribution in [3.05, 3.63) is 65.0 Å². The number of pyridine rings is 1. The zero-order valence-corrected chi connectivity index (χ0v) is 10.6. The second-order valence-corrected chi connectivity index (χ2v) is 3.80. The lowest BCUT2D eigenvalue weighted by atomic mass is 10.2. The molecule has 0 saturated carbocycles. The summed E-state index contributed by atoms with van der Waals surface area (Å²) in [6, 6.07) is 5.25. The first kappa shape index (κ1) is 13.7. The van der Waals surface area contributed by atoms with Gasteiger partial charge in [0.25, 0.3) is 0 Å². The molecular formula is C15H10F2N2O. The van der Waals surface area contributed by atoms with Gasteiger partial charge in [0.2, 0.25) is 0 Å². The molecule has 0 unspecified atom stereocenters. The van der Waals surface area contributed by atoms with E-state index >= 15 is 0 Å². The maximum Gasteiger partial charge on any atom is 0.160 e. The predicted molar refractivity (Wildman–Crippen MR) is 71.2 cm³/mol. The molecule has 1 aromatic carbocycles. The van der Waals surface area contributed by atoms with Crippen LogP contribution in [0.5, 0.6) is 0 Å². The number of oxime groups is 1. The van der Waals surface area contributed by atoms with E-state index in [4.69, 9.17) is 0 Å². The number of benzene rings is 1. The van der Waals surface area contributed by atoms with Crippen LogP contribution in [-0.4, -0.2) is 18.3 Å². The van der Waals surface area contributed by atoms with Gasteiger partial charge in [-0.15, -0.1) is 0 Å². The first-order valence-electron chi connectivity index (χ1n) is 5.67. The molecule has 0 radical (unpaired) electrons. The minimum absolute atomic E-state index is 0.389. The van der Waals surface area contributed by atoms with Crippen molar-refractivity contribution in [2.24, 2.45) is 5.16 Å². The van der Waals surface area contributed by atoms with E-state index in [0.29, 0.717) is 11.1 Å². The highest BCUT2D eigenvalue weighted by Crippen LogP contribution is 2.08. The van der Waals surface area contributed by atoms with Crippen molar-refractivity contribution < 1.29 is 13.6 Å². The van der Waals surface area contributed by atoms with Crippen LogP contribution < -0.4 is 0 Å². The molecular weight excluding hydrogens is 262 g/mol. The highest BCUT2D eigenvalue weighted by atomic mass is 19.2. The minimum Gasteiger partial charge on any atom is -0.399 e. The van der Waals surface area contributed by atoms with Crippen LogP contribution in [0.4, 0.5) is 8.78 Å². The van der Waals surface area contributed by atoms with E-state index in [0.717, 1.165) is 17.7 Å². The monoisotopic (exact) mass is 272 g/mol. The van der Waals surface area contributed by atoms with E-state index in [1.54, 1.807) is 18.5 Å². The Hall–Kier alpha value is -2.74. The summed E-state index contributed by atoms with van der Waals surface area (Å²) >= 11 is 0. The largest absolute Gasteiger partial charge is 0.399 e. The molecule has 0 aliphatic carbocycles. The molecule has 0 N–H and O–H groups in total. The van der Waals surface area contributed by atoms with Crippen molar-refractivity contribution in [1.82, 2.24) is 4.98 Å². The molecule has 0 amide bonds. The Balaban J connectivity index is 2.24. The number of nitrogens with zero attached hydrogens (tertiary/aromatic N) is 2. The topological polar surface area (TPSA) is 34.5 Å². The average molecular weight is 272 g/mol. The molecule has 0 spiro atoms. The molecule has 2 aromatic rings. The summed E-state index contributed by atoms with van der Waals surface area (Å²) in [5, 5.41) is 3.62. The van der Waals surface area contributed by atoms with Gasteiger partial charge in [-0.25, -0.2) is 8.78 Å². The van der Waals surface area contributed by atoms with Crippen LogP contribution in [0.2, 0.25) is 0 Å². The Morgan fingerprint density at radius 2 is 1.90 bits per heavy atom. The van der Waals surface area contributed by atoms with E-state index in [1.165, 1.54) is 19.4 Å². The Morgan fingerprint density at radius 1 is 1.10 bits per heavy atom. The second kappa shape index (κ2) is 6.43. The van der Waals surface area contributed by atoms with Gasteiger partial charge in [0.15, 0.2) is 11.6 Å². The Kier molecular flexibility index (Phi) is 4.40. The lowest BCUT2D eigenvalue weighted by Crippen LogP contribution is -1.87. The Bertz CT molecular complexity index is 703. The van der Waals surface area contributed by atoms with Gasteiger partial charge in [0.1, 0.15) is 7.11 Å². The summed E-state index contributed by atoms with van der Waals surface area (Å²) < 4.78 is 25.8.